The molecular formula is C10H18N4. The third-order valence-electron chi connectivity index (χ3n) is 2.88. The topological polar surface area (TPSA) is 47.1 Å². The molecule has 2 N–H and O–H groups in total. The lowest BCUT2D eigenvalue weighted by Crippen LogP contribution is -2.28. The van der Waals surface area contributed by atoms with Crippen LogP contribution in [0.4, 0.5) is 0 Å². The summed E-state index contributed by atoms with van der Waals surface area (Å²) >= 11 is 0. The van der Waals surface area contributed by atoms with Crippen molar-refractivity contribution >= 4 is 0 Å². The monoisotopic (exact) mass is 194 g/mol. The third kappa shape index (κ3) is 2.13. The van der Waals surface area contributed by atoms with Crippen LogP contribution in [0.25, 0.3) is 0 Å². The number of imidazole rings is 1. The number of hydrogen-bond donors (Lipinski definition) is 1. The molecule has 0 amide bonds. The summed E-state index contributed by atoms with van der Waals surface area (Å²) in [4.78, 5) is 6.72. The fourth-order valence-corrected chi connectivity index (χ4v) is 1.96. The minimum absolute atomic E-state index is 0.386. The Kier molecular flexibility index (Phi) is 2.84. The van der Waals surface area contributed by atoms with Gasteiger partial charge < -0.3 is 15.2 Å². The third-order valence-corrected chi connectivity index (χ3v) is 2.88. The molecule has 4 nitrogen and oxygen atoms in total. The highest BCUT2D eigenvalue weighted by Gasteiger charge is 2.18. The molecule has 1 aliphatic rings. The quantitative estimate of drug-likeness (QED) is 0.736. The van der Waals surface area contributed by atoms with Crippen molar-refractivity contribution in [3.63, 3.8) is 0 Å². The number of hydrogen-bond acceptors (Lipinski definition) is 3. The molecule has 1 fully saturated rings. The van der Waals surface area contributed by atoms with Crippen molar-refractivity contribution in [3.05, 3.63) is 18.2 Å². The molecule has 0 radical (unpaired) electrons. The molecule has 4 heteroatoms. The van der Waals surface area contributed by atoms with Gasteiger partial charge in [-0.1, -0.05) is 0 Å². The van der Waals surface area contributed by atoms with E-state index in [9.17, 15) is 0 Å². The van der Waals surface area contributed by atoms with E-state index in [1.54, 1.807) is 0 Å². The van der Waals surface area contributed by atoms with E-state index >= 15 is 0 Å². The van der Waals surface area contributed by atoms with Crippen LogP contribution < -0.4 is 5.73 Å². The number of aryl methyl sites for hydroxylation is 1. The van der Waals surface area contributed by atoms with Gasteiger partial charge in [0.05, 0.1) is 0 Å². The molecule has 0 spiro atoms. The van der Waals surface area contributed by atoms with Crippen LogP contribution in [0.15, 0.2) is 12.4 Å². The summed E-state index contributed by atoms with van der Waals surface area (Å²) in [6.07, 6.45) is 6.01. The van der Waals surface area contributed by atoms with Gasteiger partial charge in [-0.3, -0.25) is 0 Å². The summed E-state index contributed by atoms with van der Waals surface area (Å²) < 4.78 is 2.08. The van der Waals surface area contributed by atoms with Crippen LogP contribution in [-0.4, -0.2) is 40.1 Å². The first-order chi connectivity index (χ1) is 6.75. The molecule has 0 unspecified atom stereocenters. The minimum atomic E-state index is 0.386. The van der Waals surface area contributed by atoms with Gasteiger partial charge in [-0.15, -0.1) is 0 Å². The van der Waals surface area contributed by atoms with Crippen LogP contribution in [0.1, 0.15) is 12.2 Å². The van der Waals surface area contributed by atoms with E-state index in [4.69, 9.17) is 5.73 Å². The van der Waals surface area contributed by atoms with Crippen molar-refractivity contribution in [3.8, 4) is 0 Å². The normalized spacial score (nSPS) is 23.1. The molecule has 78 valence electrons. The van der Waals surface area contributed by atoms with Gasteiger partial charge in [0.1, 0.15) is 5.82 Å². The lowest BCUT2D eigenvalue weighted by atomic mass is 10.3. The average molecular weight is 194 g/mol. The summed E-state index contributed by atoms with van der Waals surface area (Å²) in [6.45, 7) is 3.27. The fraction of sp³-hybridized carbons (Fsp3) is 0.700. The Morgan fingerprint density at radius 1 is 1.64 bits per heavy atom. The Balaban J connectivity index is 1.80. The standard InChI is InChI=1S/C10H18N4/c1-13-7-4-12-10(13)3-6-14-5-2-9(11)8-14/h4,7,9H,2-3,5-6,8,11H2,1H3/t9-/m1/s1. The smallest absolute Gasteiger partial charge is 0.109 e. The van der Waals surface area contributed by atoms with Gasteiger partial charge in [0.25, 0.3) is 0 Å². The van der Waals surface area contributed by atoms with E-state index in [0.717, 1.165) is 38.3 Å². The van der Waals surface area contributed by atoms with Gasteiger partial charge >= 0.3 is 0 Å². The summed E-state index contributed by atoms with van der Waals surface area (Å²) in [5, 5.41) is 0. The largest absolute Gasteiger partial charge is 0.338 e. The Labute approximate surface area is 84.7 Å². The van der Waals surface area contributed by atoms with Crippen LogP contribution in [0, 0.1) is 0 Å². The number of rotatable bonds is 3. The first kappa shape index (κ1) is 9.68. The zero-order valence-corrected chi connectivity index (χ0v) is 8.69. The van der Waals surface area contributed by atoms with Gasteiger partial charge in [-0.25, -0.2) is 4.98 Å². The van der Waals surface area contributed by atoms with Crippen molar-refractivity contribution < 1.29 is 0 Å². The van der Waals surface area contributed by atoms with Gasteiger partial charge in [-0.2, -0.15) is 0 Å². The molecule has 2 heterocycles. The predicted octanol–water partition coefficient (Wildman–Crippen LogP) is -0.00440. The van der Waals surface area contributed by atoms with Crippen LogP contribution >= 0.6 is 0 Å². The molecule has 1 aromatic rings. The SMILES string of the molecule is Cn1ccnc1CCN1CC[C@@H](N)C1. The van der Waals surface area contributed by atoms with Crippen LogP contribution in [0.2, 0.25) is 0 Å². The second-order valence-electron chi connectivity index (χ2n) is 4.05. The van der Waals surface area contributed by atoms with E-state index in [-0.39, 0.29) is 0 Å². The average Bonchev–Trinajstić information content (AvgIpc) is 2.72. The first-order valence-corrected chi connectivity index (χ1v) is 5.20. The second kappa shape index (κ2) is 4.11. The highest BCUT2D eigenvalue weighted by atomic mass is 15.2. The van der Waals surface area contributed by atoms with Gasteiger partial charge in [0.2, 0.25) is 0 Å². The van der Waals surface area contributed by atoms with E-state index in [2.05, 4.69) is 14.5 Å². The lowest BCUT2D eigenvalue weighted by Gasteiger charge is -2.14. The maximum absolute atomic E-state index is 5.84. The fourth-order valence-electron chi connectivity index (χ4n) is 1.96. The molecule has 0 saturated carbocycles. The molecular weight excluding hydrogens is 176 g/mol. The number of likely N-dealkylation sites (tertiary alicyclic amines) is 1. The summed E-state index contributed by atoms with van der Waals surface area (Å²) in [7, 11) is 2.04. The molecule has 2 rings (SSSR count). The Bertz CT molecular complexity index is 294. The Morgan fingerprint density at radius 2 is 2.50 bits per heavy atom. The number of aromatic nitrogens is 2. The zero-order valence-electron chi connectivity index (χ0n) is 8.69. The second-order valence-corrected chi connectivity index (χ2v) is 4.05. The molecule has 1 aliphatic heterocycles. The van der Waals surface area contributed by atoms with Crippen molar-refractivity contribution in [1.29, 1.82) is 0 Å². The number of nitrogens with zero attached hydrogens (tertiary/aromatic N) is 3. The first-order valence-electron chi connectivity index (χ1n) is 5.20. The van der Waals surface area contributed by atoms with E-state index in [1.165, 1.54) is 0 Å². The van der Waals surface area contributed by atoms with Crippen molar-refractivity contribution in [2.24, 2.45) is 12.8 Å². The van der Waals surface area contributed by atoms with Crippen molar-refractivity contribution in [2.45, 2.75) is 18.9 Å². The molecule has 1 aromatic heterocycles. The summed E-state index contributed by atoms with van der Waals surface area (Å²) in [6, 6.07) is 0.386. The summed E-state index contributed by atoms with van der Waals surface area (Å²) in [5.41, 5.74) is 5.84. The molecule has 14 heavy (non-hydrogen) atoms. The van der Waals surface area contributed by atoms with Gasteiger partial charge in [-0.05, 0) is 13.0 Å². The van der Waals surface area contributed by atoms with E-state index < -0.39 is 0 Å². The van der Waals surface area contributed by atoms with Gasteiger partial charge in [0.15, 0.2) is 0 Å². The van der Waals surface area contributed by atoms with E-state index in [1.807, 2.05) is 19.4 Å². The predicted molar refractivity (Wildman–Crippen MR) is 55.9 cm³/mol. The Hall–Kier alpha value is -0.870. The van der Waals surface area contributed by atoms with Crippen LogP contribution in [0.3, 0.4) is 0 Å². The highest BCUT2D eigenvalue weighted by molar-refractivity contribution is 4.92. The molecule has 0 aliphatic carbocycles. The molecule has 0 aromatic carbocycles. The maximum Gasteiger partial charge on any atom is 0.109 e. The zero-order chi connectivity index (χ0) is 9.97. The summed E-state index contributed by atoms with van der Waals surface area (Å²) in [5.74, 6) is 1.16. The van der Waals surface area contributed by atoms with Crippen molar-refractivity contribution in [1.82, 2.24) is 14.5 Å². The molecule has 1 saturated heterocycles. The minimum Gasteiger partial charge on any atom is -0.338 e. The highest BCUT2D eigenvalue weighted by Crippen LogP contribution is 2.07. The molecule has 0 bridgehead atoms. The van der Waals surface area contributed by atoms with Gasteiger partial charge in [0, 0.05) is 45.0 Å². The van der Waals surface area contributed by atoms with Crippen LogP contribution in [0.5, 0.6) is 0 Å². The van der Waals surface area contributed by atoms with Crippen molar-refractivity contribution in [2.75, 3.05) is 19.6 Å². The van der Waals surface area contributed by atoms with Crippen LogP contribution in [-0.2, 0) is 13.5 Å². The Morgan fingerprint density at radius 3 is 3.07 bits per heavy atom. The lowest BCUT2D eigenvalue weighted by molar-refractivity contribution is 0.335. The molecule has 1 atom stereocenters. The van der Waals surface area contributed by atoms with E-state index in [0.29, 0.717) is 6.04 Å². The number of nitrogens with two attached hydrogens (primary N) is 1. The maximum atomic E-state index is 5.84.